The topological polar surface area (TPSA) is 60.9 Å². The van der Waals surface area contributed by atoms with Gasteiger partial charge in [0.15, 0.2) is 0 Å². The number of sulfonamides is 1. The van der Waals surface area contributed by atoms with Crippen LogP contribution in [0.15, 0.2) is 42.5 Å². The lowest BCUT2D eigenvalue weighted by atomic mass is 10.1. The number of piperazine rings is 1. The second kappa shape index (κ2) is 7.83. The van der Waals surface area contributed by atoms with Crippen LogP contribution < -0.4 is 9.21 Å². The van der Waals surface area contributed by atoms with Gasteiger partial charge in [0.1, 0.15) is 0 Å². The molecule has 2 aromatic carbocycles. The van der Waals surface area contributed by atoms with Crippen molar-refractivity contribution in [3.8, 4) is 0 Å². The average molecular weight is 402 g/mol. The Balaban J connectivity index is 1.65. The molecule has 1 fully saturated rings. The van der Waals surface area contributed by atoms with Crippen LogP contribution in [0, 0.1) is 13.8 Å². The minimum absolute atomic E-state index is 0.0196. The van der Waals surface area contributed by atoms with Crippen molar-refractivity contribution >= 4 is 27.3 Å². The maximum Gasteiger partial charge on any atom is 0.253 e. The fraction of sp³-hybridized carbons (Fsp3) is 0.381. The Hall–Kier alpha value is -2.54. The quantitative estimate of drug-likeness (QED) is 0.790. The largest absolute Gasteiger partial charge is 0.368 e. The van der Waals surface area contributed by atoms with Gasteiger partial charge in [0, 0.05) is 44.5 Å². The molecule has 6 nitrogen and oxygen atoms in total. The maximum absolute atomic E-state index is 12.8. The molecule has 150 valence electrons. The van der Waals surface area contributed by atoms with Crippen molar-refractivity contribution in [1.29, 1.82) is 0 Å². The summed E-state index contributed by atoms with van der Waals surface area (Å²) in [6.45, 7) is 7.13. The summed E-state index contributed by atoms with van der Waals surface area (Å²) in [5.41, 5.74) is 4.85. The summed E-state index contributed by atoms with van der Waals surface area (Å²) in [6.07, 6.45) is 1.15. The van der Waals surface area contributed by atoms with Gasteiger partial charge in [0.2, 0.25) is 10.0 Å². The molecule has 1 aliphatic rings. The van der Waals surface area contributed by atoms with E-state index in [0.717, 1.165) is 19.3 Å². The Labute approximate surface area is 167 Å². The van der Waals surface area contributed by atoms with Crippen LogP contribution in [0.3, 0.4) is 0 Å². The minimum Gasteiger partial charge on any atom is -0.368 e. The molecule has 7 heteroatoms. The van der Waals surface area contributed by atoms with Crippen molar-refractivity contribution in [2.75, 3.05) is 48.7 Å². The lowest BCUT2D eigenvalue weighted by molar-refractivity contribution is 0.0747. The molecule has 1 amide bonds. The summed E-state index contributed by atoms with van der Waals surface area (Å²) in [6, 6.07) is 13.2. The number of anilines is 2. The third kappa shape index (κ3) is 4.30. The summed E-state index contributed by atoms with van der Waals surface area (Å²) in [5.74, 6) is -0.0196. The maximum atomic E-state index is 12.8. The third-order valence-corrected chi connectivity index (χ3v) is 6.44. The van der Waals surface area contributed by atoms with E-state index in [1.54, 1.807) is 24.3 Å². The van der Waals surface area contributed by atoms with Crippen LogP contribution in [0.2, 0.25) is 0 Å². The number of benzene rings is 2. The highest BCUT2D eigenvalue weighted by molar-refractivity contribution is 7.92. The van der Waals surface area contributed by atoms with E-state index in [2.05, 4.69) is 36.9 Å². The average Bonchev–Trinajstić information content (AvgIpc) is 2.66. The first kappa shape index (κ1) is 20.2. The van der Waals surface area contributed by atoms with Gasteiger partial charge in [-0.05, 0) is 49.7 Å². The number of carbonyl (C=O) groups excluding carboxylic acids is 1. The van der Waals surface area contributed by atoms with Crippen LogP contribution in [0.1, 0.15) is 21.5 Å². The van der Waals surface area contributed by atoms with Gasteiger partial charge in [0.25, 0.3) is 5.91 Å². The van der Waals surface area contributed by atoms with E-state index in [1.165, 1.54) is 28.2 Å². The predicted molar refractivity (Wildman–Crippen MR) is 114 cm³/mol. The van der Waals surface area contributed by atoms with Crippen molar-refractivity contribution in [1.82, 2.24) is 4.90 Å². The Morgan fingerprint density at radius 1 is 0.964 bits per heavy atom. The predicted octanol–water partition coefficient (Wildman–Crippen LogP) is 2.66. The van der Waals surface area contributed by atoms with Gasteiger partial charge in [-0.2, -0.15) is 0 Å². The zero-order chi connectivity index (χ0) is 20.5. The molecule has 28 heavy (non-hydrogen) atoms. The van der Waals surface area contributed by atoms with Crippen LogP contribution in [0.5, 0.6) is 0 Å². The first-order valence-electron chi connectivity index (χ1n) is 9.32. The van der Waals surface area contributed by atoms with Gasteiger partial charge in [0.05, 0.1) is 11.9 Å². The molecule has 1 heterocycles. The van der Waals surface area contributed by atoms with E-state index >= 15 is 0 Å². The Morgan fingerprint density at radius 2 is 1.57 bits per heavy atom. The van der Waals surface area contributed by atoms with Crippen LogP contribution >= 0.6 is 0 Å². The molecule has 1 aliphatic heterocycles. The highest BCUT2D eigenvalue weighted by atomic mass is 32.2. The summed E-state index contributed by atoms with van der Waals surface area (Å²) in [4.78, 5) is 17.0. The second-order valence-electron chi connectivity index (χ2n) is 7.35. The van der Waals surface area contributed by atoms with E-state index in [4.69, 9.17) is 0 Å². The summed E-state index contributed by atoms with van der Waals surface area (Å²) in [7, 11) is -1.82. The van der Waals surface area contributed by atoms with Crippen molar-refractivity contribution in [2.24, 2.45) is 0 Å². The molecule has 3 rings (SSSR count). The number of hydrogen-bond acceptors (Lipinski definition) is 4. The van der Waals surface area contributed by atoms with E-state index in [1.807, 2.05) is 4.90 Å². The van der Waals surface area contributed by atoms with Crippen molar-refractivity contribution < 1.29 is 13.2 Å². The summed E-state index contributed by atoms with van der Waals surface area (Å²) in [5, 5.41) is 0. The van der Waals surface area contributed by atoms with Crippen molar-refractivity contribution in [3.63, 3.8) is 0 Å². The number of rotatable bonds is 4. The normalized spacial score (nSPS) is 14.9. The molecule has 0 atom stereocenters. The molecule has 0 N–H and O–H groups in total. The number of amides is 1. The van der Waals surface area contributed by atoms with Gasteiger partial charge in [-0.25, -0.2) is 8.42 Å². The molecule has 1 saturated heterocycles. The standard InChI is InChI=1S/C21H27N3O3S/c1-16-5-10-20(17(2)15-16)23-11-13-24(14-12-23)21(25)18-6-8-19(9-7-18)22(3)28(4,26)27/h5-10,15H,11-14H2,1-4H3. The summed E-state index contributed by atoms with van der Waals surface area (Å²) < 4.78 is 24.5. The lowest BCUT2D eigenvalue weighted by Gasteiger charge is -2.37. The number of nitrogens with zero attached hydrogens (tertiary/aromatic N) is 3. The molecule has 0 saturated carbocycles. The molecule has 0 unspecified atom stereocenters. The minimum atomic E-state index is -3.32. The molecule has 0 aromatic heterocycles. The number of hydrogen-bond donors (Lipinski definition) is 0. The van der Waals surface area contributed by atoms with Gasteiger partial charge < -0.3 is 9.80 Å². The Morgan fingerprint density at radius 3 is 2.11 bits per heavy atom. The Bertz CT molecular complexity index is 963. The highest BCUT2D eigenvalue weighted by Crippen LogP contribution is 2.23. The SMILES string of the molecule is Cc1ccc(N2CCN(C(=O)c3ccc(N(C)S(C)(=O)=O)cc3)CC2)c(C)c1. The van der Waals surface area contributed by atoms with Gasteiger partial charge in [-0.15, -0.1) is 0 Å². The van der Waals surface area contributed by atoms with Gasteiger partial charge in [-0.3, -0.25) is 9.10 Å². The fourth-order valence-corrected chi connectivity index (χ4v) is 4.00. The van der Waals surface area contributed by atoms with E-state index in [-0.39, 0.29) is 5.91 Å². The first-order valence-corrected chi connectivity index (χ1v) is 11.2. The fourth-order valence-electron chi connectivity index (χ4n) is 3.50. The summed E-state index contributed by atoms with van der Waals surface area (Å²) >= 11 is 0. The monoisotopic (exact) mass is 401 g/mol. The van der Waals surface area contributed by atoms with Crippen molar-refractivity contribution in [3.05, 3.63) is 59.2 Å². The number of carbonyl (C=O) groups is 1. The van der Waals surface area contributed by atoms with Crippen LogP contribution in [0.4, 0.5) is 11.4 Å². The van der Waals surface area contributed by atoms with Crippen molar-refractivity contribution in [2.45, 2.75) is 13.8 Å². The van der Waals surface area contributed by atoms with E-state index in [9.17, 15) is 13.2 Å². The van der Waals surface area contributed by atoms with Gasteiger partial charge in [-0.1, -0.05) is 17.7 Å². The molecular formula is C21H27N3O3S. The smallest absolute Gasteiger partial charge is 0.253 e. The second-order valence-corrected chi connectivity index (χ2v) is 9.36. The van der Waals surface area contributed by atoms with Crippen LogP contribution in [-0.4, -0.2) is 58.7 Å². The molecule has 0 radical (unpaired) electrons. The zero-order valence-electron chi connectivity index (χ0n) is 16.8. The lowest BCUT2D eigenvalue weighted by Crippen LogP contribution is -2.49. The van der Waals surface area contributed by atoms with Crippen LogP contribution in [-0.2, 0) is 10.0 Å². The number of aryl methyl sites for hydroxylation is 2. The molecule has 0 bridgehead atoms. The molecular weight excluding hydrogens is 374 g/mol. The molecule has 2 aromatic rings. The van der Waals surface area contributed by atoms with Gasteiger partial charge >= 0.3 is 0 Å². The van der Waals surface area contributed by atoms with E-state index < -0.39 is 10.0 Å². The zero-order valence-corrected chi connectivity index (χ0v) is 17.7. The highest BCUT2D eigenvalue weighted by Gasteiger charge is 2.23. The first-order chi connectivity index (χ1) is 13.2. The Kier molecular flexibility index (Phi) is 5.65. The molecule has 0 aliphatic carbocycles. The van der Waals surface area contributed by atoms with E-state index in [0.29, 0.717) is 24.3 Å². The molecule has 0 spiro atoms. The van der Waals surface area contributed by atoms with Crippen LogP contribution in [0.25, 0.3) is 0 Å². The third-order valence-electron chi connectivity index (χ3n) is 5.24.